The highest BCUT2D eigenvalue weighted by Gasteiger charge is 2.49. The van der Waals surface area contributed by atoms with Gasteiger partial charge in [-0.15, -0.1) is 0 Å². The van der Waals surface area contributed by atoms with Gasteiger partial charge in [-0.3, -0.25) is 0 Å². The zero-order valence-corrected chi connectivity index (χ0v) is 11.3. The average Bonchev–Trinajstić information content (AvgIpc) is 2.24. The molecule has 0 radical (unpaired) electrons. The first-order valence-electron chi connectivity index (χ1n) is 5.95. The number of carbonyl (C=O) groups is 1. The van der Waals surface area contributed by atoms with Crippen molar-refractivity contribution >= 4 is 5.97 Å². The minimum atomic E-state index is -4.46. The van der Waals surface area contributed by atoms with E-state index in [4.69, 9.17) is 5.11 Å². The van der Waals surface area contributed by atoms with Crippen LogP contribution in [0.3, 0.4) is 0 Å². The normalized spacial score (nSPS) is 14.2. The smallest absolute Gasteiger partial charge is 0.377 e. The van der Waals surface area contributed by atoms with Crippen molar-refractivity contribution in [2.45, 2.75) is 49.9 Å². The number of ether oxygens (including phenoxy) is 1. The van der Waals surface area contributed by atoms with Crippen LogP contribution in [0.15, 0.2) is 0 Å². The van der Waals surface area contributed by atoms with Crippen molar-refractivity contribution in [3.05, 3.63) is 0 Å². The molecule has 11 heteroatoms. The lowest BCUT2D eigenvalue weighted by atomic mass is 10.0. The van der Waals surface area contributed by atoms with Gasteiger partial charge in [0.1, 0.15) is 13.2 Å². The Bertz CT molecular complexity index is 384. The van der Waals surface area contributed by atoms with Crippen LogP contribution in [0.25, 0.3) is 0 Å². The molecule has 0 aliphatic heterocycles. The molecule has 0 saturated carbocycles. The molecule has 0 fully saturated rings. The highest BCUT2D eigenvalue weighted by molar-refractivity contribution is 5.75. The molecular weight excluding hydrogens is 332 g/mol. The molecule has 0 aromatic rings. The zero-order chi connectivity index (χ0) is 17.8. The maximum atomic E-state index is 13.1. The molecule has 132 valence electrons. The van der Waals surface area contributed by atoms with E-state index in [-0.39, 0.29) is 0 Å². The van der Waals surface area contributed by atoms with E-state index in [1.54, 1.807) is 0 Å². The molecule has 0 aromatic heterocycles. The number of rotatable bonds is 10. The monoisotopic (exact) mass is 346 g/mol. The molecule has 1 N–H and O–H groups in total. The second-order valence-electron chi connectivity index (χ2n) is 4.78. The molecule has 0 aromatic carbocycles. The van der Waals surface area contributed by atoms with Crippen LogP contribution >= 0.6 is 0 Å². The SMILES string of the molecule is CCC(F)(F)CC(F)(F)CC(F)(F)COCC(F)(F)C(=O)O. The Morgan fingerprint density at radius 3 is 1.73 bits per heavy atom. The molecule has 22 heavy (non-hydrogen) atoms. The number of carboxylic acids is 1. The van der Waals surface area contributed by atoms with Gasteiger partial charge in [-0.05, 0) is 0 Å². The summed E-state index contributed by atoms with van der Waals surface area (Å²) in [5, 5.41) is 7.99. The number of alkyl halides is 8. The van der Waals surface area contributed by atoms with Crippen LogP contribution in [0.4, 0.5) is 35.1 Å². The summed E-state index contributed by atoms with van der Waals surface area (Å²) in [6.45, 7) is -3.00. The Balaban J connectivity index is 4.54. The predicted octanol–water partition coefficient (Wildman–Crippen LogP) is 3.82. The lowest BCUT2D eigenvalue weighted by molar-refractivity contribution is -0.193. The molecule has 0 amide bonds. The number of halogens is 8. The first-order chi connectivity index (χ1) is 9.63. The highest BCUT2D eigenvalue weighted by atomic mass is 19.3. The van der Waals surface area contributed by atoms with E-state index < -0.39 is 62.1 Å². The maximum absolute atomic E-state index is 13.1. The molecule has 0 unspecified atom stereocenters. The molecule has 0 saturated heterocycles. The van der Waals surface area contributed by atoms with Gasteiger partial charge < -0.3 is 9.84 Å². The lowest BCUT2D eigenvalue weighted by Crippen LogP contribution is -2.39. The summed E-state index contributed by atoms with van der Waals surface area (Å²) in [7, 11) is 0. The molecule has 0 aliphatic carbocycles. The summed E-state index contributed by atoms with van der Waals surface area (Å²) in [6.07, 6.45) is -5.42. The Labute approximate surface area is 120 Å². The van der Waals surface area contributed by atoms with Gasteiger partial charge >= 0.3 is 11.9 Å². The van der Waals surface area contributed by atoms with Gasteiger partial charge in [0.25, 0.3) is 17.8 Å². The van der Waals surface area contributed by atoms with Gasteiger partial charge in [-0.2, -0.15) is 8.78 Å². The fourth-order valence-corrected chi connectivity index (χ4v) is 1.39. The van der Waals surface area contributed by atoms with E-state index in [2.05, 4.69) is 4.74 Å². The van der Waals surface area contributed by atoms with Crippen LogP contribution in [0.1, 0.15) is 26.2 Å². The first kappa shape index (κ1) is 20.9. The summed E-state index contributed by atoms with van der Waals surface area (Å²) < 4.78 is 107. The summed E-state index contributed by atoms with van der Waals surface area (Å²) in [5.41, 5.74) is 0. The average molecular weight is 346 g/mol. The fraction of sp³-hybridized carbons (Fsp3) is 0.909. The van der Waals surface area contributed by atoms with Crippen LogP contribution in [0.2, 0.25) is 0 Å². The van der Waals surface area contributed by atoms with E-state index in [0.29, 0.717) is 0 Å². The standard InChI is InChI=1S/C11H14F8O3/c1-2-8(12,13)3-9(14,15)4-10(16,17)5-22-6-11(18,19)7(20)21/h2-6H2,1H3,(H,20,21). The number of aliphatic carboxylic acids is 1. The number of hydrogen-bond acceptors (Lipinski definition) is 2. The topological polar surface area (TPSA) is 46.5 Å². The van der Waals surface area contributed by atoms with Crippen molar-refractivity contribution in [1.82, 2.24) is 0 Å². The molecular formula is C11H14F8O3. The second-order valence-corrected chi connectivity index (χ2v) is 4.78. The van der Waals surface area contributed by atoms with Crippen LogP contribution in [0, 0.1) is 0 Å². The van der Waals surface area contributed by atoms with Crippen molar-refractivity contribution in [3.63, 3.8) is 0 Å². The van der Waals surface area contributed by atoms with Crippen LogP contribution in [-0.2, 0) is 9.53 Å². The molecule has 0 aliphatic rings. The highest BCUT2D eigenvalue weighted by Crippen LogP contribution is 2.39. The van der Waals surface area contributed by atoms with Crippen molar-refractivity contribution < 1.29 is 49.8 Å². The Hall–Kier alpha value is -1.13. The summed E-state index contributed by atoms with van der Waals surface area (Å²) in [5.74, 6) is -19.8. The molecule has 0 bridgehead atoms. The van der Waals surface area contributed by atoms with E-state index in [1.807, 2.05) is 0 Å². The Morgan fingerprint density at radius 2 is 1.32 bits per heavy atom. The first-order valence-corrected chi connectivity index (χ1v) is 5.95. The maximum Gasteiger partial charge on any atom is 0.377 e. The lowest BCUT2D eigenvalue weighted by Gasteiger charge is -2.26. The van der Waals surface area contributed by atoms with Crippen LogP contribution in [0.5, 0.6) is 0 Å². The minimum Gasteiger partial charge on any atom is -0.477 e. The van der Waals surface area contributed by atoms with Gasteiger partial charge in [0.15, 0.2) is 0 Å². The summed E-state index contributed by atoms with van der Waals surface area (Å²) in [4.78, 5) is 9.97. The van der Waals surface area contributed by atoms with Crippen molar-refractivity contribution in [1.29, 1.82) is 0 Å². The van der Waals surface area contributed by atoms with Gasteiger partial charge in [-0.25, -0.2) is 31.1 Å². The van der Waals surface area contributed by atoms with Gasteiger partial charge in [0.2, 0.25) is 0 Å². The second kappa shape index (κ2) is 6.97. The van der Waals surface area contributed by atoms with E-state index in [0.717, 1.165) is 6.92 Å². The molecule has 0 spiro atoms. The Morgan fingerprint density at radius 1 is 0.864 bits per heavy atom. The minimum absolute atomic E-state index is 0.894. The van der Waals surface area contributed by atoms with Crippen molar-refractivity contribution in [2.75, 3.05) is 13.2 Å². The number of carboxylic acid groups (broad SMARTS) is 1. The third-order valence-electron chi connectivity index (χ3n) is 2.46. The van der Waals surface area contributed by atoms with Gasteiger partial charge in [0, 0.05) is 6.42 Å². The van der Waals surface area contributed by atoms with E-state index in [1.165, 1.54) is 0 Å². The largest absolute Gasteiger partial charge is 0.477 e. The van der Waals surface area contributed by atoms with Crippen LogP contribution in [-0.4, -0.2) is 48.0 Å². The van der Waals surface area contributed by atoms with Crippen LogP contribution < -0.4 is 0 Å². The number of hydrogen-bond donors (Lipinski definition) is 1. The third-order valence-corrected chi connectivity index (χ3v) is 2.46. The van der Waals surface area contributed by atoms with Crippen molar-refractivity contribution in [3.8, 4) is 0 Å². The fourth-order valence-electron chi connectivity index (χ4n) is 1.39. The summed E-state index contributed by atoms with van der Waals surface area (Å²) in [6, 6.07) is 0. The molecule has 0 heterocycles. The Kier molecular flexibility index (Phi) is 6.61. The quantitative estimate of drug-likeness (QED) is 0.612. The third kappa shape index (κ3) is 7.76. The predicted molar refractivity (Wildman–Crippen MR) is 57.8 cm³/mol. The van der Waals surface area contributed by atoms with E-state index >= 15 is 0 Å². The van der Waals surface area contributed by atoms with Gasteiger partial charge in [-0.1, -0.05) is 6.92 Å². The molecule has 0 atom stereocenters. The van der Waals surface area contributed by atoms with E-state index in [9.17, 15) is 39.9 Å². The molecule has 3 nitrogen and oxygen atoms in total. The zero-order valence-electron chi connectivity index (χ0n) is 11.3. The van der Waals surface area contributed by atoms with Gasteiger partial charge in [0.05, 0.1) is 12.8 Å². The molecule has 0 rings (SSSR count). The summed E-state index contributed by atoms with van der Waals surface area (Å²) >= 11 is 0. The van der Waals surface area contributed by atoms with Crippen molar-refractivity contribution in [2.24, 2.45) is 0 Å².